The van der Waals surface area contributed by atoms with E-state index in [4.69, 9.17) is 15.2 Å². The lowest BCUT2D eigenvalue weighted by molar-refractivity contribution is 0.141. The molecule has 9 nitrogen and oxygen atoms in total. The molecule has 0 atom stereocenters. The fourth-order valence-corrected chi connectivity index (χ4v) is 4.49. The van der Waals surface area contributed by atoms with E-state index in [0.29, 0.717) is 35.7 Å². The third-order valence-corrected chi connectivity index (χ3v) is 6.30. The van der Waals surface area contributed by atoms with Crippen LogP contribution in [0.1, 0.15) is 30.4 Å². The number of aromatic nitrogens is 5. The van der Waals surface area contributed by atoms with E-state index in [2.05, 4.69) is 49.1 Å². The summed E-state index contributed by atoms with van der Waals surface area (Å²) in [7, 11) is 1.59. The van der Waals surface area contributed by atoms with Crippen LogP contribution >= 0.6 is 0 Å². The first kappa shape index (κ1) is 24.1. The number of anilines is 1. The number of imidazole rings is 1. The Morgan fingerprint density at radius 2 is 1.69 bits per heavy atom. The Hall–Kier alpha value is -3.63. The van der Waals surface area contributed by atoms with Crippen molar-refractivity contribution in [2.75, 3.05) is 39.1 Å². The molecule has 0 aliphatic carbocycles. The minimum atomic E-state index is -0.448. The highest BCUT2D eigenvalue weighted by Crippen LogP contribution is 2.29. The predicted octanol–water partition coefficient (Wildman–Crippen LogP) is 3.67. The molecular weight excluding hydrogens is 461 g/mol. The zero-order chi connectivity index (χ0) is 24.9. The number of pyridine rings is 1. The first-order valence-electron chi connectivity index (χ1n) is 12.2. The first-order valence-corrected chi connectivity index (χ1v) is 12.2. The Labute approximate surface area is 209 Å². The number of halogens is 1. The van der Waals surface area contributed by atoms with Crippen LogP contribution in [0.15, 0.2) is 42.7 Å². The van der Waals surface area contributed by atoms with Crippen molar-refractivity contribution < 1.29 is 13.9 Å². The number of nitrogens with zero attached hydrogens (tertiary/aromatic N) is 6. The summed E-state index contributed by atoms with van der Waals surface area (Å²) in [5, 5.41) is 0. The van der Waals surface area contributed by atoms with E-state index in [1.54, 1.807) is 13.3 Å². The highest BCUT2D eigenvalue weighted by atomic mass is 19.1. The maximum Gasteiger partial charge on any atom is 0.320 e. The van der Waals surface area contributed by atoms with Crippen molar-refractivity contribution in [1.82, 2.24) is 29.4 Å². The molecule has 36 heavy (non-hydrogen) atoms. The number of piperidine rings is 1. The van der Waals surface area contributed by atoms with Gasteiger partial charge in [-0.2, -0.15) is 9.97 Å². The van der Waals surface area contributed by atoms with E-state index < -0.39 is 5.82 Å². The van der Waals surface area contributed by atoms with Crippen molar-refractivity contribution in [2.24, 2.45) is 0 Å². The van der Waals surface area contributed by atoms with Crippen molar-refractivity contribution in [3.63, 3.8) is 0 Å². The molecule has 0 amide bonds. The van der Waals surface area contributed by atoms with Gasteiger partial charge in [0.15, 0.2) is 17.0 Å². The average Bonchev–Trinajstić information content (AvgIpc) is 3.25. The van der Waals surface area contributed by atoms with Crippen LogP contribution in [0.5, 0.6) is 6.01 Å². The van der Waals surface area contributed by atoms with Gasteiger partial charge in [0.1, 0.15) is 18.2 Å². The average molecular weight is 492 g/mol. The van der Waals surface area contributed by atoms with E-state index in [9.17, 15) is 4.39 Å². The number of nitrogen functional groups attached to an aromatic ring is 1. The van der Waals surface area contributed by atoms with Crippen LogP contribution in [0.4, 0.5) is 10.2 Å². The van der Waals surface area contributed by atoms with Crippen LogP contribution in [0.3, 0.4) is 0 Å². The highest BCUT2D eigenvalue weighted by Gasteiger charge is 2.20. The fraction of sp³-hybridized carbons (Fsp3) is 0.385. The van der Waals surface area contributed by atoms with Crippen LogP contribution in [0, 0.1) is 5.82 Å². The minimum Gasteiger partial charge on any atom is -0.461 e. The van der Waals surface area contributed by atoms with Crippen molar-refractivity contribution in [1.29, 1.82) is 0 Å². The second-order valence-corrected chi connectivity index (χ2v) is 8.97. The smallest absolute Gasteiger partial charge is 0.320 e. The molecule has 1 aliphatic heterocycles. The molecule has 5 rings (SSSR count). The predicted molar refractivity (Wildman–Crippen MR) is 135 cm³/mol. The van der Waals surface area contributed by atoms with E-state index >= 15 is 0 Å². The summed E-state index contributed by atoms with van der Waals surface area (Å²) in [6.07, 6.45) is 6.59. The molecule has 0 radical (unpaired) electrons. The zero-order valence-electron chi connectivity index (χ0n) is 20.4. The second-order valence-electron chi connectivity index (χ2n) is 8.97. The Morgan fingerprint density at radius 1 is 0.944 bits per heavy atom. The van der Waals surface area contributed by atoms with Gasteiger partial charge in [0, 0.05) is 25.4 Å². The number of hydrogen-bond acceptors (Lipinski definition) is 8. The van der Waals surface area contributed by atoms with Gasteiger partial charge in [0.25, 0.3) is 0 Å². The third-order valence-electron chi connectivity index (χ3n) is 6.30. The van der Waals surface area contributed by atoms with Gasteiger partial charge < -0.3 is 19.8 Å². The number of hydrogen-bond donors (Lipinski definition) is 1. The molecule has 4 heterocycles. The number of rotatable bonds is 9. The largest absolute Gasteiger partial charge is 0.461 e. The van der Waals surface area contributed by atoms with Crippen LogP contribution < -0.4 is 10.5 Å². The number of likely N-dealkylation sites (tertiary alicyclic amines) is 1. The van der Waals surface area contributed by atoms with E-state index in [1.165, 1.54) is 30.9 Å². The molecule has 0 bridgehead atoms. The number of benzene rings is 1. The second kappa shape index (κ2) is 11.0. The Kier molecular flexibility index (Phi) is 7.33. The van der Waals surface area contributed by atoms with Gasteiger partial charge in [0.05, 0.1) is 19.3 Å². The molecule has 0 spiro atoms. The van der Waals surface area contributed by atoms with Gasteiger partial charge >= 0.3 is 6.01 Å². The molecule has 1 aliphatic rings. The van der Waals surface area contributed by atoms with Crippen LogP contribution in [0.25, 0.3) is 22.6 Å². The monoisotopic (exact) mass is 491 g/mol. The van der Waals surface area contributed by atoms with Crippen molar-refractivity contribution >= 4 is 17.0 Å². The molecule has 3 aromatic heterocycles. The molecule has 10 heteroatoms. The molecule has 2 N–H and O–H groups in total. The van der Waals surface area contributed by atoms with Crippen LogP contribution in [0.2, 0.25) is 0 Å². The van der Waals surface area contributed by atoms with Crippen LogP contribution in [-0.2, 0) is 17.8 Å². The fourth-order valence-electron chi connectivity index (χ4n) is 4.49. The summed E-state index contributed by atoms with van der Waals surface area (Å²) in [6, 6.07) is 10.1. The number of fused-ring (bicyclic) bond motifs is 1. The standard InChI is InChI=1S/C26H30FN7O2/c1-35-11-12-36-26-31-23(28)22-25(32-26)34(24(30-22)20-13-21(27)15-29-14-20)17-19-7-5-18(6-8-19)16-33-9-3-2-4-10-33/h5-8,13-15H,2-4,9-12,16-17H2,1H3,(H2,28,31,32). The lowest BCUT2D eigenvalue weighted by Crippen LogP contribution is -2.29. The Balaban J connectivity index is 1.49. The summed E-state index contributed by atoms with van der Waals surface area (Å²) < 4.78 is 26.6. The highest BCUT2D eigenvalue weighted by molar-refractivity contribution is 5.85. The van der Waals surface area contributed by atoms with Gasteiger partial charge in [0.2, 0.25) is 0 Å². The molecule has 1 saturated heterocycles. The molecule has 0 unspecified atom stereocenters. The minimum absolute atomic E-state index is 0.138. The quantitative estimate of drug-likeness (QED) is 0.354. The third kappa shape index (κ3) is 5.44. The van der Waals surface area contributed by atoms with Gasteiger partial charge in [-0.3, -0.25) is 9.88 Å². The lowest BCUT2D eigenvalue weighted by atomic mass is 10.1. The van der Waals surface area contributed by atoms with Crippen LogP contribution in [-0.4, -0.2) is 62.8 Å². The topological polar surface area (TPSA) is 104 Å². The van der Waals surface area contributed by atoms with Crippen molar-refractivity contribution in [2.45, 2.75) is 32.4 Å². The van der Waals surface area contributed by atoms with E-state index in [1.807, 2.05) is 4.57 Å². The molecular formula is C26H30FN7O2. The van der Waals surface area contributed by atoms with Crippen molar-refractivity contribution in [3.05, 3.63) is 59.7 Å². The first-order chi connectivity index (χ1) is 17.6. The van der Waals surface area contributed by atoms with Gasteiger partial charge in [-0.25, -0.2) is 9.37 Å². The SMILES string of the molecule is COCCOc1nc(N)c2nc(-c3cncc(F)c3)n(Cc3ccc(CN4CCCCC4)cc3)c2n1. The number of methoxy groups -OCH3 is 1. The van der Waals surface area contributed by atoms with Gasteiger partial charge in [-0.1, -0.05) is 30.7 Å². The molecule has 0 saturated carbocycles. The number of ether oxygens (including phenoxy) is 2. The Bertz CT molecular complexity index is 1320. The van der Waals surface area contributed by atoms with Crippen molar-refractivity contribution in [3.8, 4) is 17.4 Å². The molecule has 188 valence electrons. The number of nitrogens with two attached hydrogens (primary N) is 1. The lowest BCUT2D eigenvalue weighted by Gasteiger charge is -2.26. The molecule has 1 fully saturated rings. The normalized spacial score (nSPS) is 14.4. The van der Waals surface area contributed by atoms with E-state index in [0.717, 1.165) is 31.4 Å². The molecule has 1 aromatic carbocycles. The summed E-state index contributed by atoms with van der Waals surface area (Å²) >= 11 is 0. The van der Waals surface area contributed by atoms with E-state index in [-0.39, 0.29) is 18.4 Å². The van der Waals surface area contributed by atoms with Gasteiger partial charge in [-0.05, 0) is 43.1 Å². The summed E-state index contributed by atoms with van der Waals surface area (Å²) in [4.78, 5) is 20.0. The maximum absolute atomic E-state index is 14.0. The maximum atomic E-state index is 14.0. The Morgan fingerprint density at radius 3 is 2.42 bits per heavy atom. The molecule has 4 aromatic rings. The summed E-state index contributed by atoms with van der Waals surface area (Å²) in [6.45, 7) is 4.41. The summed E-state index contributed by atoms with van der Waals surface area (Å²) in [5.74, 6) is 0.244. The van der Waals surface area contributed by atoms with Gasteiger partial charge in [-0.15, -0.1) is 0 Å². The zero-order valence-corrected chi connectivity index (χ0v) is 20.4. The summed E-state index contributed by atoms with van der Waals surface area (Å²) in [5.41, 5.74) is 10.0.